The number of amides is 2. The van der Waals surface area contributed by atoms with Gasteiger partial charge in [-0.25, -0.2) is 10.6 Å². The number of carbonyl (C=O) groups excluding carboxylic acids is 4. The molecule has 43 heavy (non-hydrogen) atoms. The fraction of sp³-hybridized carbons (Fsp3) is 0.879. The normalized spacial score (nSPS) is 17.0. The number of hydrazine groups is 1. The summed E-state index contributed by atoms with van der Waals surface area (Å²) in [6.07, 6.45) is 13.5. The van der Waals surface area contributed by atoms with E-state index in [1.165, 1.54) is 38.5 Å². The molecule has 2 unspecified atom stereocenters. The molecule has 0 aromatic heterocycles. The molecule has 1 fully saturated rings. The van der Waals surface area contributed by atoms with Gasteiger partial charge in [-0.15, -0.1) is 0 Å². The summed E-state index contributed by atoms with van der Waals surface area (Å²) in [5.74, 6) is 4.37. The van der Waals surface area contributed by atoms with Gasteiger partial charge >= 0.3 is 11.9 Å². The third-order valence-corrected chi connectivity index (χ3v) is 7.63. The van der Waals surface area contributed by atoms with Gasteiger partial charge in [-0.2, -0.15) is 0 Å². The Kier molecular flexibility index (Phi) is 16.8. The van der Waals surface area contributed by atoms with Gasteiger partial charge in [0.2, 0.25) is 5.91 Å². The minimum absolute atomic E-state index is 0.0385. The second-order valence-electron chi connectivity index (χ2n) is 14.2. The van der Waals surface area contributed by atoms with Crippen molar-refractivity contribution in [2.75, 3.05) is 13.1 Å². The Morgan fingerprint density at radius 2 is 1.33 bits per heavy atom. The molecule has 2 amide bonds. The van der Waals surface area contributed by atoms with E-state index in [2.05, 4.69) is 6.92 Å². The van der Waals surface area contributed by atoms with Crippen LogP contribution in [-0.4, -0.2) is 69.5 Å². The highest BCUT2D eigenvalue weighted by atomic mass is 16.6. The summed E-state index contributed by atoms with van der Waals surface area (Å²) in [5, 5.41) is 0.979. The zero-order valence-electron chi connectivity index (χ0n) is 28.3. The zero-order valence-corrected chi connectivity index (χ0v) is 28.3. The number of hydrogen-bond acceptors (Lipinski definition) is 8. The fourth-order valence-corrected chi connectivity index (χ4v) is 5.38. The molecule has 0 aliphatic carbocycles. The van der Waals surface area contributed by atoms with Crippen LogP contribution in [0.4, 0.5) is 0 Å². The first-order valence-corrected chi connectivity index (χ1v) is 16.6. The minimum Gasteiger partial charge on any atom is -0.460 e. The van der Waals surface area contributed by atoms with E-state index in [1.54, 1.807) is 41.5 Å². The number of hydrogen-bond donors (Lipinski definition) is 2. The molecule has 4 N–H and O–H groups in total. The number of nitrogens with two attached hydrogens (primary N) is 2. The Hall–Kier alpha value is -2.20. The van der Waals surface area contributed by atoms with E-state index in [4.69, 9.17) is 21.1 Å². The third-order valence-electron chi connectivity index (χ3n) is 7.63. The number of likely N-dealkylation sites (tertiary alicyclic amines) is 1. The van der Waals surface area contributed by atoms with Crippen LogP contribution in [0.2, 0.25) is 0 Å². The molecule has 0 radical (unpaired) electrons. The summed E-state index contributed by atoms with van der Waals surface area (Å²) in [6, 6.07) is -0.227. The van der Waals surface area contributed by atoms with E-state index in [1.807, 2.05) is 4.90 Å². The SMILES string of the molecule is CCCCCCCCCCCC(=O)N1CCCC1CN(N)C(=O)C(N)(CCCCC(=O)OC(C)(C)C)C(=O)OC(C)(C)C. The first-order valence-electron chi connectivity index (χ1n) is 16.6. The highest BCUT2D eigenvalue weighted by molar-refractivity contribution is 6.07. The van der Waals surface area contributed by atoms with Crippen LogP contribution in [0.5, 0.6) is 0 Å². The number of nitrogens with zero attached hydrogens (tertiary/aromatic N) is 2. The Balaban J connectivity index is 2.72. The molecule has 1 heterocycles. The summed E-state index contributed by atoms with van der Waals surface area (Å²) in [6.45, 7) is 13.4. The Morgan fingerprint density at radius 1 is 0.791 bits per heavy atom. The predicted octanol–water partition coefficient (Wildman–Crippen LogP) is 5.54. The smallest absolute Gasteiger partial charge is 0.336 e. The maximum absolute atomic E-state index is 13.6. The van der Waals surface area contributed by atoms with Crippen molar-refractivity contribution in [3.8, 4) is 0 Å². The number of esters is 2. The molecule has 250 valence electrons. The Labute approximate surface area is 260 Å². The lowest BCUT2D eigenvalue weighted by Crippen LogP contribution is -2.64. The predicted molar refractivity (Wildman–Crippen MR) is 170 cm³/mol. The van der Waals surface area contributed by atoms with Gasteiger partial charge in [-0.1, -0.05) is 58.3 Å². The van der Waals surface area contributed by atoms with E-state index >= 15 is 0 Å². The van der Waals surface area contributed by atoms with Crippen LogP contribution in [-0.2, 0) is 28.7 Å². The van der Waals surface area contributed by atoms with Crippen LogP contribution in [0.1, 0.15) is 151 Å². The van der Waals surface area contributed by atoms with Crippen LogP contribution < -0.4 is 11.6 Å². The van der Waals surface area contributed by atoms with Crippen LogP contribution in [0.3, 0.4) is 0 Å². The number of ether oxygens (including phenoxy) is 2. The molecule has 1 rings (SSSR count). The largest absolute Gasteiger partial charge is 0.460 e. The van der Waals surface area contributed by atoms with E-state index in [-0.39, 0.29) is 37.3 Å². The molecular weight excluding hydrogens is 548 g/mol. The van der Waals surface area contributed by atoms with Crippen LogP contribution in [0.25, 0.3) is 0 Å². The maximum atomic E-state index is 13.6. The second kappa shape index (κ2) is 18.6. The van der Waals surface area contributed by atoms with E-state index in [0.717, 1.165) is 37.1 Å². The fourth-order valence-electron chi connectivity index (χ4n) is 5.38. The van der Waals surface area contributed by atoms with Gasteiger partial charge in [0.05, 0.1) is 12.6 Å². The first-order chi connectivity index (χ1) is 20.0. The highest BCUT2D eigenvalue weighted by Gasteiger charge is 2.47. The average Bonchev–Trinajstić information content (AvgIpc) is 3.35. The molecular formula is C33H62N4O6. The van der Waals surface area contributed by atoms with Crippen molar-refractivity contribution in [2.24, 2.45) is 11.6 Å². The molecule has 10 nitrogen and oxygen atoms in total. The molecule has 0 aromatic rings. The van der Waals surface area contributed by atoms with E-state index in [0.29, 0.717) is 25.8 Å². The Morgan fingerprint density at radius 3 is 1.88 bits per heavy atom. The van der Waals surface area contributed by atoms with Crippen LogP contribution in [0, 0.1) is 0 Å². The highest BCUT2D eigenvalue weighted by Crippen LogP contribution is 2.24. The molecule has 10 heteroatoms. The lowest BCUT2D eigenvalue weighted by molar-refractivity contribution is -0.168. The monoisotopic (exact) mass is 610 g/mol. The Bertz CT molecular complexity index is 882. The number of unbranched alkanes of at least 4 members (excludes halogenated alkanes) is 9. The first kappa shape index (κ1) is 38.8. The summed E-state index contributed by atoms with van der Waals surface area (Å²) >= 11 is 0. The van der Waals surface area contributed by atoms with Crippen molar-refractivity contribution in [3.05, 3.63) is 0 Å². The van der Waals surface area contributed by atoms with Gasteiger partial charge in [0.25, 0.3) is 5.91 Å². The van der Waals surface area contributed by atoms with Crippen molar-refractivity contribution in [1.82, 2.24) is 9.91 Å². The topological polar surface area (TPSA) is 145 Å². The van der Waals surface area contributed by atoms with Crippen molar-refractivity contribution in [3.63, 3.8) is 0 Å². The van der Waals surface area contributed by atoms with Crippen molar-refractivity contribution < 1.29 is 28.7 Å². The van der Waals surface area contributed by atoms with E-state index < -0.39 is 28.6 Å². The number of rotatable bonds is 19. The van der Waals surface area contributed by atoms with Crippen molar-refractivity contribution >= 4 is 23.8 Å². The summed E-state index contributed by atoms with van der Waals surface area (Å²) in [4.78, 5) is 53.8. The standard InChI is InChI=1S/C33H62N4O6/c1-8-9-10-11-12-13-14-15-16-21-27(38)36-24-19-20-26(36)25-37(35)29(40)33(34,30(41)43-32(5,6)7)23-18-17-22-28(39)42-31(2,3)4/h26H,8-25,34-35H2,1-7H3. The summed E-state index contributed by atoms with van der Waals surface area (Å²) < 4.78 is 10.9. The lowest BCUT2D eigenvalue weighted by atomic mass is 9.91. The molecule has 0 bridgehead atoms. The molecule has 1 saturated heterocycles. The molecule has 1 aliphatic heterocycles. The number of carbonyl (C=O) groups is 4. The maximum Gasteiger partial charge on any atom is 0.336 e. The van der Waals surface area contributed by atoms with Gasteiger partial charge in [0.15, 0.2) is 5.54 Å². The summed E-state index contributed by atoms with van der Waals surface area (Å²) in [7, 11) is 0. The van der Waals surface area contributed by atoms with Gasteiger partial charge in [0, 0.05) is 19.4 Å². The zero-order chi connectivity index (χ0) is 32.7. The molecule has 0 saturated carbocycles. The second-order valence-corrected chi connectivity index (χ2v) is 14.2. The molecule has 0 spiro atoms. The van der Waals surface area contributed by atoms with E-state index in [9.17, 15) is 19.2 Å². The molecule has 0 aromatic carbocycles. The van der Waals surface area contributed by atoms with Crippen LogP contribution in [0.15, 0.2) is 0 Å². The summed E-state index contributed by atoms with van der Waals surface area (Å²) in [5.41, 5.74) is 3.01. The van der Waals surface area contributed by atoms with Crippen LogP contribution >= 0.6 is 0 Å². The average molecular weight is 611 g/mol. The van der Waals surface area contributed by atoms with Crippen molar-refractivity contribution in [1.29, 1.82) is 0 Å². The molecule has 1 aliphatic rings. The van der Waals surface area contributed by atoms with Gasteiger partial charge in [-0.05, 0) is 80.1 Å². The lowest BCUT2D eigenvalue weighted by Gasteiger charge is -2.35. The quantitative estimate of drug-likeness (QED) is 0.0484. The van der Waals surface area contributed by atoms with Crippen molar-refractivity contribution in [2.45, 2.75) is 174 Å². The third kappa shape index (κ3) is 15.4. The van der Waals surface area contributed by atoms with Gasteiger partial charge in [0.1, 0.15) is 11.2 Å². The minimum atomic E-state index is -2.01. The molecule has 2 atom stereocenters. The van der Waals surface area contributed by atoms with Gasteiger partial charge in [-0.3, -0.25) is 19.4 Å². The van der Waals surface area contributed by atoms with Gasteiger partial charge < -0.3 is 20.1 Å².